The van der Waals surface area contributed by atoms with Gasteiger partial charge in [0.15, 0.2) is 5.16 Å². The maximum Gasteiger partial charge on any atom is 0.267 e. The normalized spacial score (nSPS) is 20.5. The Bertz CT molecular complexity index is 1250. The van der Waals surface area contributed by atoms with Gasteiger partial charge in [0.25, 0.3) is 5.56 Å². The maximum atomic E-state index is 13.9. The van der Waals surface area contributed by atoms with E-state index in [-0.39, 0.29) is 23.6 Å². The first-order chi connectivity index (χ1) is 16.5. The van der Waals surface area contributed by atoms with Crippen LogP contribution in [0, 0.1) is 0 Å². The van der Waals surface area contributed by atoms with E-state index in [0.29, 0.717) is 10.9 Å². The fraction of sp³-hybridized carbons (Fsp3) is 0.519. The molecule has 0 spiro atoms. The van der Waals surface area contributed by atoms with Gasteiger partial charge in [-0.1, -0.05) is 30.8 Å². The van der Waals surface area contributed by atoms with Crippen LogP contribution in [0.5, 0.6) is 0 Å². The number of fused-ring (bicyclic) bond motifs is 3. The number of hydrogen-bond acceptors (Lipinski definition) is 5. The molecule has 0 N–H and O–H groups in total. The van der Waals surface area contributed by atoms with Crippen molar-refractivity contribution in [2.24, 2.45) is 0 Å². The predicted octanol–water partition coefficient (Wildman–Crippen LogP) is 5.77. The summed E-state index contributed by atoms with van der Waals surface area (Å²) in [6.07, 6.45) is 8.53. The van der Waals surface area contributed by atoms with Gasteiger partial charge in [-0.25, -0.2) is 4.98 Å². The second-order valence-corrected chi connectivity index (χ2v) is 11.7. The third kappa shape index (κ3) is 4.33. The van der Waals surface area contributed by atoms with Crippen molar-refractivity contribution in [3.63, 3.8) is 0 Å². The molecule has 3 heterocycles. The van der Waals surface area contributed by atoms with Gasteiger partial charge in [-0.3, -0.25) is 14.2 Å². The van der Waals surface area contributed by atoms with Crippen LogP contribution >= 0.6 is 23.1 Å². The molecule has 0 saturated carbocycles. The Hall–Kier alpha value is -2.12. The Labute approximate surface area is 209 Å². The number of benzene rings is 1. The van der Waals surface area contributed by atoms with E-state index in [4.69, 9.17) is 4.98 Å². The Kier molecular flexibility index (Phi) is 6.85. The number of carbonyl (C=O) groups excluding carboxylic acids is 1. The summed E-state index contributed by atoms with van der Waals surface area (Å²) >= 11 is 3.07. The van der Waals surface area contributed by atoms with Crippen LogP contribution in [0.1, 0.15) is 68.9 Å². The van der Waals surface area contributed by atoms with Gasteiger partial charge in [-0.05, 0) is 88.5 Å². The van der Waals surface area contributed by atoms with E-state index in [9.17, 15) is 9.59 Å². The molecule has 5 rings (SSSR count). The summed E-state index contributed by atoms with van der Waals surface area (Å²) < 4.78 is 1.74. The molecule has 5 nitrogen and oxygen atoms in total. The number of thiophene rings is 1. The Balaban J connectivity index is 1.55. The zero-order valence-electron chi connectivity index (χ0n) is 20.3. The summed E-state index contributed by atoms with van der Waals surface area (Å²) in [5.41, 5.74) is 3.26. The van der Waals surface area contributed by atoms with E-state index >= 15 is 0 Å². The average molecular weight is 496 g/mol. The summed E-state index contributed by atoms with van der Waals surface area (Å²) in [5.74, 6) is 0.433. The van der Waals surface area contributed by atoms with Crippen molar-refractivity contribution in [3.8, 4) is 5.69 Å². The first kappa shape index (κ1) is 23.6. The van der Waals surface area contributed by atoms with Crippen molar-refractivity contribution in [1.82, 2.24) is 14.5 Å². The highest BCUT2D eigenvalue weighted by atomic mass is 32.2. The second-order valence-electron chi connectivity index (χ2n) is 9.66. The van der Waals surface area contributed by atoms with Gasteiger partial charge >= 0.3 is 0 Å². The molecule has 2 aliphatic rings. The number of rotatable bonds is 5. The highest BCUT2D eigenvalue weighted by molar-refractivity contribution is 7.99. The molecule has 1 aliphatic carbocycles. The fourth-order valence-electron chi connectivity index (χ4n) is 5.51. The molecular weight excluding hydrogens is 462 g/mol. The quantitative estimate of drug-likeness (QED) is 0.333. The number of aromatic nitrogens is 2. The fourth-order valence-corrected chi connectivity index (χ4v) is 7.69. The minimum absolute atomic E-state index is 0.00306. The van der Waals surface area contributed by atoms with Crippen molar-refractivity contribution in [1.29, 1.82) is 0 Å². The van der Waals surface area contributed by atoms with Crippen LogP contribution in [-0.4, -0.2) is 38.2 Å². The summed E-state index contributed by atoms with van der Waals surface area (Å²) in [5, 5.41) is 1.40. The monoisotopic (exact) mass is 495 g/mol. The minimum atomic E-state index is 0.00306. The zero-order chi connectivity index (χ0) is 23.8. The van der Waals surface area contributed by atoms with Crippen LogP contribution < -0.4 is 5.56 Å². The number of hydrogen-bond donors (Lipinski definition) is 0. The molecular formula is C27H33N3O2S2. The maximum absolute atomic E-state index is 13.9. The molecule has 34 heavy (non-hydrogen) atoms. The number of aryl methyl sites for hydroxylation is 3. The van der Waals surface area contributed by atoms with E-state index in [2.05, 4.69) is 32.9 Å². The van der Waals surface area contributed by atoms with E-state index in [1.807, 2.05) is 17.0 Å². The second kappa shape index (κ2) is 9.86. The molecule has 2 atom stereocenters. The van der Waals surface area contributed by atoms with Crippen LogP contribution in [0.2, 0.25) is 0 Å². The lowest BCUT2D eigenvalue weighted by Gasteiger charge is -2.39. The molecule has 2 aromatic heterocycles. The number of carbonyl (C=O) groups is 1. The lowest BCUT2D eigenvalue weighted by molar-refractivity contribution is -0.134. The summed E-state index contributed by atoms with van der Waals surface area (Å²) in [6, 6.07) is 8.69. The van der Waals surface area contributed by atoms with Crippen LogP contribution in [0.15, 0.2) is 34.2 Å². The third-order valence-corrected chi connectivity index (χ3v) is 9.48. The van der Waals surface area contributed by atoms with E-state index < -0.39 is 0 Å². The van der Waals surface area contributed by atoms with Crippen LogP contribution in [-0.2, 0) is 24.1 Å². The molecule has 2 unspecified atom stereocenters. The summed E-state index contributed by atoms with van der Waals surface area (Å²) in [6.45, 7) is 6.41. The van der Waals surface area contributed by atoms with Gasteiger partial charge in [-0.15, -0.1) is 11.3 Å². The summed E-state index contributed by atoms with van der Waals surface area (Å²) in [7, 11) is 0. The van der Waals surface area contributed by atoms with Crippen LogP contribution in [0.4, 0.5) is 0 Å². The average Bonchev–Trinajstić information content (AvgIpc) is 3.21. The molecule has 0 bridgehead atoms. The zero-order valence-corrected chi connectivity index (χ0v) is 21.9. The molecule has 1 saturated heterocycles. The molecule has 180 valence electrons. The van der Waals surface area contributed by atoms with Crippen LogP contribution in [0.25, 0.3) is 15.9 Å². The summed E-state index contributed by atoms with van der Waals surface area (Å²) in [4.78, 5) is 36.3. The van der Waals surface area contributed by atoms with Crippen molar-refractivity contribution >= 4 is 39.2 Å². The third-order valence-electron chi connectivity index (χ3n) is 7.37. The van der Waals surface area contributed by atoms with Gasteiger partial charge in [0.2, 0.25) is 5.91 Å². The lowest BCUT2D eigenvalue weighted by atomic mass is 9.97. The van der Waals surface area contributed by atoms with Crippen molar-refractivity contribution in [2.75, 3.05) is 5.75 Å². The van der Waals surface area contributed by atoms with E-state index in [0.717, 1.165) is 54.4 Å². The Morgan fingerprint density at radius 3 is 2.50 bits per heavy atom. The van der Waals surface area contributed by atoms with Gasteiger partial charge < -0.3 is 4.90 Å². The van der Waals surface area contributed by atoms with E-state index in [1.165, 1.54) is 40.6 Å². The van der Waals surface area contributed by atoms with Gasteiger partial charge in [-0.2, -0.15) is 0 Å². The molecule has 7 heteroatoms. The number of thioether (sulfide) groups is 1. The molecule has 3 aromatic rings. The topological polar surface area (TPSA) is 55.2 Å². The number of likely N-dealkylation sites (tertiary alicyclic amines) is 1. The molecule has 0 radical (unpaired) electrons. The van der Waals surface area contributed by atoms with Crippen molar-refractivity contribution < 1.29 is 4.79 Å². The minimum Gasteiger partial charge on any atom is -0.337 e. The number of piperidine rings is 1. The van der Waals surface area contributed by atoms with Crippen molar-refractivity contribution in [3.05, 3.63) is 50.6 Å². The molecule has 1 aromatic carbocycles. The van der Waals surface area contributed by atoms with E-state index in [1.54, 1.807) is 15.9 Å². The number of nitrogens with zero attached hydrogens (tertiary/aromatic N) is 3. The smallest absolute Gasteiger partial charge is 0.267 e. The molecule has 1 fully saturated rings. The first-order valence-corrected chi connectivity index (χ1v) is 14.4. The SMILES string of the molecule is CCc1ccc(-n2c(SCC(=O)N3C(C)CCCC3C)nc3sc4c(c3c2=O)CCCC4)cc1. The van der Waals surface area contributed by atoms with Gasteiger partial charge in [0.1, 0.15) is 4.83 Å². The largest absolute Gasteiger partial charge is 0.337 e. The first-order valence-electron chi connectivity index (χ1n) is 12.6. The van der Waals surface area contributed by atoms with Gasteiger partial charge in [0, 0.05) is 17.0 Å². The Morgan fingerprint density at radius 1 is 1.09 bits per heavy atom. The van der Waals surface area contributed by atoms with Crippen LogP contribution in [0.3, 0.4) is 0 Å². The predicted molar refractivity (Wildman–Crippen MR) is 142 cm³/mol. The number of amides is 1. The lowest BCUT2D eigenvalue weighted by Crippen LogP contribution is -2.48. The molecule has 1 aliphatic heterocycles. The Morgan fingerprint density at radius 2 is 1.79 bits per heavy atom. The highest BCUT2D eigenvalue weighted by Gasteiger charge is 2.29. The van der Waals surface area contributed by atoms with Gasteiger partial charge in [0.05, 0.1) is 16.8 Å². The molecule has 1 amide bonds. The standard InChI is InChI=1S/C27H33N3O2S2/c1-4-19-12-14-20(15-13-19)30-26(32)24-21-10-5-6-11-22(21)34-25(24)28-27(30)33-16-23(31)29-17(2)8-7-9-18(29)3/h12-15,17-18H,4-11,16H2,1-3H3. The highest BCUT2D eigenvalue weighted by Crippen LogP contribution is 2.35. The van der Waals surface area contributed by atoms with Crippen molar-refractivity contribution in [2.45, 2.75) is 89.4 Å².